The molecule has 1 unspecified atom stereocenters. The van der Waals surface area contributed by atoms with Gasteiger partial charge in [0.05, 0.1) is 21.7 Å². The van der Waals surface area contributed by atoms with Gasteiger partial charge in [-0.05, 0) is 78.4 Å². The minimum atomic E-state index is -3.80. The average molecular weight is 605 g/mol. The predicted molar refractivity (Wildman–Crippen MR) is 161 cm³/mol. The summed E-state index contributed by atoms with van der Waals surface area (Å²) in [6, 6.07) is 31.7. The number of pyridine rings is 1. The van der Waals surface area contributed by atoms with Crippen LogP contribution in [0.1, 0.15) is 26.9 Å². The summed E-state index contributed by atoms with van der Waals surface area (Å²) in [7, 11) is -3.80. The molecule has 208 valence electrons. The Morgan fingerprint density at radius 3 is 2.44 bits per heavy atom. The number of fused-ring (bicyclic) bond motifs is 1. The summed E-state index contributed by atoms with van der Waals surface area (Å²) in [4.78, 5) is 16.8. The Hall–Kier alpha value is -3.89. The first-order chi connectivity index (χ1) is 19.8. The smallest absolute Gasteiger partial charge is 0.335 e. The summed E-state index contributed by atoms with van der Waals surface area (Å²) in [5.74, 6) is -0.399. The number of para-hydroxylation sites is 1. The lowest BCUT2D eigenvalue weighted by molar-refractivity contribution is 0.0696. The quantitative estimate of drug-likeness (QED) is 0.157. The van der Waals surface area contributed by atoms with Gasteiger partial charge in [0.25, 0.3) is 0 Å². The minimum Gasteiger partial charge on any atom is -0.487 e. The van der Waals surface area contributed by atoms with Gasteiger partial charge in [0, 0.05) is 27.1 Å². The molecule has 0 spiro atoms. The SMILES string of the molecule is O=C(O)c1ccc(SC(CNS(=O)(=O)c2ccc(Cl)cc2)c2cccc(OCc3ccc4ccccc4n3)c2)cc1. The summed E-state index contributed by atoms with van der Waals surface area (Å²) in [6.45, 7) is 0.345. The molecule has 5 aromatic rings. The maximum Gasteiger partial charge on any atom is 0.335 e. The number of aromatic nitrogens is 1. The van der Waals surface area contributed by atoms with E-state index in [1.807, 2.05) is 60.7 Å². The number of carbonyl (C=O) groups is 1. The predicted octanol–water partition coefficient (Wildman–Crippen LogP) is 6.98. The van der Waals surface area contributed by atoms with Crippen molar-refractivity contribution in [2.24, 2.45) is 0 Å². The molecule has 0 bridgehead atoms. The number of rotatable bonds is 11. The lowest BCUT2D eigenvalue weighted by Crippen LogP contribution is -2.27. The molecule has 0 radical (unpaired) electrons. The molecule has 0 aliphatic rings. The van der Waals surface area contributed by atoms with Crippen molar-refractivity contribution in [3.63, 3.8) is 0 Å². The zero-order valence-corrected chi connectivity index (χ0v) is 24.0. The molecule has 5 rings (SSSR count). The molecule has 2 N–H and O–H groups in total. The number of hydrogen-bond acceptors (Lipinski definition) is 6. The number of aromatic carboxylic acids is 1. The van der Waals surface area contributed by atoms with Crippen molar-refractivity contribution in [1.29, 1.82) is 0 Å². The summed E-state index contributed by atoms with van der Waals surface area (Å²) in [5, 5.41) is 10.4. The number of sulfonamides is 1. The van der Waals surface area contributed by atoms with Crippen molar-refractivity contribution in [1.82, 2.24) is 9.71 Å². The first kappa shape index (κ1) is 28.6. The Morgan fingerprint density at radius 2 is 1.68 bits per heavy atom. The molecule has 0 aliphatic heterocycles. The van der Waals surface area contributed by atoms with Gasteiger partial charge in [-0.3, -0.25) is 0 Å². The lowest BCUT2D eigenvalue weighted by Gasteiger charge is -2.19. The molecule has 0 saturated carbocycles. The second-order valence-electron chi connectivity index (χ2n) is 9.10. The minimum absolute atomic E-state index is 0.0754. The Bertz CT molecular complexity index is 1780. The molecule has 7 nitrogen and oxygen atoms in total. The Morgan fingerprint density at radius 1 is 0.927 bits per heavy atom. The second-order valence-corrected chi connectivity index (χ2v) is 12.6. The number of carboxylic acids is 1. The molecule has 1 atom stereocenters. The summed E-state index contributed by atoms with van der Waals surface area (Å²) < 4.78 is 34.8. The fourth-order valence-electron chi connectivity index (χ4n) is 4.10. The topological polar surface area (TPSA) is 106 Å². The van der Waals surface area contributed by atoms with Crippen LogP contribution < -0.4 is 9.46 Å². The number of halogens is 1. The van der Waals surface area contributed by atoms with Crippen molar-refractivity contribution in [3.05, 3.63) is 131 Å². The van der Waals surface area contributed by atoms with E-state index in [9.17, 15) is 18.3 Å². The standard InChI is InChI=1S/C31H25ClN2O5S2/c32-24-11-16-28(17-12-24)41(37,38)33-19-30(40-27-14-9-22(10-15-27)31(35)36)23-5-3-6-26(18-23)39-20-25-13-8-21-4-1-2-7-29(21)34-25/h1-18,30,33H,19-20H2,(H,35,36). The Kier molecular flexibility index (Phi) is 8.90. The number of nitrogens with zero attached hydrogens (tertiary/aromatic N) is 1. The summed E-state index contributed by atoms with van der Waals surface area (Å²) in [6.07, 6.45) is 0. The molecular formula is C31H25ClN2O5S2. The molecule has 0 amide bonds. The fourth-order valence-corrected chi connectivity index (χ4v) is 6.45. The number of benzene rings is 4. The molecule has 4 aromatic carbocycles. The van der Waals surface area contributed by atoms with Crippen LogP contribution in [0.4, 0.5) is 0 Å². The lowest BCUT2D eigenvalue weighted by atomic mass is 10.1. The van der Waals surface area contributed by atoms with Crippen LogP contribution in [0.3, 0.4) is 0 Å². The maximum absolute atomic E-state index is 13.0. The highest BCUT2D eigenvalue weighted by Crippen LogP contribution is 2.36. The van der Waals surface area contributed by atoms with Gasteiger partial charge in [-0.2, -0.15) is 0 Å². The number of carboxylic acid groups (broad SMARTS) is 1. The van der Waals surface area contributed by atoms with Crippen molar-refractivity contribution in [2.75, 3.05) is 6.54 Å². The average Bonchev–Trinajstić information content (AvgIpc) is 2.98. The van der Waals surface area contributed by atoms with Crippen LogP contribution in [-0.2, 0) is 16.6 Å². The van der Waals surface area contributed by atoms with Gasteiger partial charge >= 0.3 is 5.97 Å². The Labute approximate surface area is 247 Å². The highest BCUT2D eigenvalue weighted by atomic mass is 35.5. The van der Waals surface area contributed by atoms with E-state index in [0.29, 0.717) is 10.8 Å². The molecule has 0 saturated heterocycles. The first-order valence-corrected chi connectivity index (χ1v) is 15.3. The van der Waals surface area contributed by atoms with Crippen LogP contribution >= 0.6 is 23.4 Å². The third kappa shape index (κ3) is 7.45. The van der Waals surface area contributed by atoms with E-state index in [1.54, 1.807) is 12.1 Å². The molecule has 1 heterocycles. The van der Waals surface area contributed by atoms with E-state index in [-0.39, 0.29) is 28.9 Å². The second kappa shape index (κ2) is 12.7. The van der Waals surface area contributed by atoms with Gasteiger partial charge in [-0.1, -0.05) is 48.0 Å². The highest BCUT2D eigenvalue weighted by Gasteiger charge is 2.20. The van der Waals surface area contributed by atoms with Crippen LogP contribution in [0, 0.1) is 0 Å². The third-order valence-corrected chi connectivity index (χ3v) is 9.19. The Balaban J connectivity index is 1.36. The molecular weight excluding hydrogens is 580 g/mol. The van der Waals surface area contributed by atoms with Gasteiger partial charge < -0.3 is 9.84 Å². The summed E-state index contributed by atoms with van der Waals surface area (Å²) >= 11 is 7.34. The molecule has 0 fully saturated rings. The largest absolute Gasteiger partial charge is 0.487 e. The molecule has 0 aliphatic carbocycles. The van der Waals surface area contributed by atoms with E-state index in [0.717, 1.165) is 27.1 Å². The number of ether oxygens (including phenoxy) is 1. The van der Waals surface area contributed by atoms with Crippen molar-refractivity contribution in [3.8, 4) is 5.75 Å². The molecule has 1 aromatic heterocycles. The molecule has 10 heteroatoms. The van der Waals surface area contributed by atoms with Gasteiger partial charge in [0.2, 0.25) is 10.0 Å². The van der Waals surface area contributed by atoms with Crippen molar-refractivity contribution < 1.29 is 23.1 Å². The normalized spacial score (nSPS) is 12.2. The molecule has 41 heavy (non-hydrogen) atoms. The fraction of sp³-hybridized carbons (Fsp3) is 0.0968. The first-order valence-electron chi connectivity index (χ1n) is 12.6. The van der Waals surface area contributed by atoms with Crippen LogP contribution in [0.5, 0.6) is 5.75 Å². The maximum atomic E-state index is 13.0. The number of nitrogens with one attached hydrogen (secondary N) is 1. The van der Waals surface area contributed by atoms with E-state index in [1.165, 1.54) is 48.2 Å². The van der Waals surface area contributed by atoms with Crippen LogP contribution in [0.15, 0.2) is 119 Å². The monoisotopic (exact) mass is 604 g/mol. The van der Waals surface area contributed by atoms with Gasteiger partial charge in [-0.25, -0.2) is 22.9 Å². The van der Waals surface area contributed by atoms with Crippen LogP contribution in [-0.4, -0.2) is 31.0 Å². The van der Waals surface area contributed by atoms with Gasteiger partial charge in [0.15, 0.2) is 0 Å². The zero-order chi connectivity index (χ0) is 28.8. The third-order valence-electron chi connectivity index (χ3n) is 6.23. The van der Waals surface area contributed by atoms with Crippen molar-refractivity contribution >= 4 is 50.3 Å². The van der Waals surface area contributed by atoms with Crippen molar-refractivity contribution in [2.45, 2.75) is 21.6 Å². The number of hydrogen-bond donors (Lipinski definition) is 2. The number of thioether (sulfide) groups is 1. The van der Waals surface area contributed by atoms with E-state index in [2.05, 4.69) is 9.71 Å². The van der Waals surface area contributed by atoms with Gasteiger partial charge in [-0.15, -0.1) is 11.8 Å². The van der Waals surface area contributed by atoms with Crippen LogP contribution in [0.25, 0.3) is 10.9 Å². The summed E-state index contributed by atoms with van der Waals surface area (Å²) in [5.41, 5.74) is 2.68. The van der Waals surface area contributed by atoms with Crippen LogP contribution in [0.2, 0.25) is 5.02 Å². The van der Waals surface area contributed by atoms with E-state index in [4.69, 9.17) is 16.3 Å². The highest BCUT2D eigenvalue weighted by molar-refractivity contribution is 7.99. The van der Waals surface area contributed by atoms with Gasteiger partial charge in [0.1, 0.15) is 12.4 Å². The van der Waals surface area contributed by atoms with E-state index < -0.39 is 16.0 Å². The van der Waals surface area contributed by atoms with E-state index >= 15 is 0 Å². The zero-order valence-electron chi connectivity index (χ0n) is 21.6.